The molecule has 1 aromatic heterocycles. The average Bonchev–Trinajstić information content (AvgIpc) is 2.98. The van der Waals surface area contributed by atoms with Crippen LogP contribution >= 0.6 is 11.8 Å². The second kappa shape index (κ2) is 8.89. The van der Waals surface area contributed by atoms with Gasteiger partial charge in [0.1, 0.15) is 6.20 Å². The lowest BCUT2D eigenvalue weighted by Crippen LogP contribution is -2.17. The third kappa shape index (κ3) is 6.35. The molecule has 1 aliphatic carbocycles. The number of aromatic amines is 1. The molecule has 1 amide bonds. The minimum absolute atomic E-state index is 0.00915. The zero-order chi connectivity index (χ0) is 14.9. The van der Waals surface area contributed by atoms with Crippen LogP contribution in [0.2, 0.25) is 0 Å². The number of nitrogens with two attached hydrogens (primary N) is 1. The summed E-state index contributed by atoms with van der Waals surface area (Å²) >= 11 is 1.64. The number of thioether (sulfide) groups is 1. The molecule has 0 saturated heterocycles. The maximum atomic E-state index is 11.7. The molecule has 0 unspecified atom stereocenters. The number of amides is 1. The number of hydrogen-bond donors (Lipinski definition) is 2. The number of nitrogens with one attached hydrogen (secondary N) is 2. The van der Waals surface area contributed by atoms with Crippen LogP contribution in [0.5, 0.6) is 0 Å². The summed E-state index contributed by atoms with van der Waals surface area (Å²) in [6, 6.07) is 3.51. The van der Waals surface area contributed by atoms with E-state index in [1.807, 2.05) is 0 Å². The van der Waals surface area contributed by atoms with Gasteiger partial charge in [0.2, 0.25) is 5.91 Å². The van der Waals surface area contributed by atoms with Crippen molar-refractivity contribution in [1.29, 1.82) is 0 Å². The van der Waals surface area contributed by atoms with E-state index in [9.17, 15) is 4.79 Å². The summed E-state index contributed by atoms with van der Waals surface area (Å²) in [5, 5.41) is 2.83. The second-order valence-corrected chi connectivity index (χ2v) is 6.37. The quantitative estimate of drug-likeness (QED) is 0.721. The van der Waals surface area contributed by atoms with Crippen LogP contribution in [-0.2, 0) is 9.53 Å². The Bertz CT molecular complexity index is 433. The van der Waals surface area contributed by atoms with Crippen LogP contribution in [0.25, 0.3) is 0 Å². The number of carbonyl (C=O) groups excluding carboxylic acids is 1. The molecule has 116 valence electrons. The normalized spacial score (nSPS) is 15.2. The lowest BCUT2D eigenvalue weighted by molar-refractivity contribution is -0.359. The van der Waals surface area contributed by atoms with Crippen LogP contribution in [0.3, 0.4) is 0 Å². The van der Waals surface area contributed by atoms with E-state index in [2.05, 4.69) is 10.3 Å². The third-order valence-electron chi connectivity index (χ3n) is 3.44. The van der Waals surface area contributed by atoms with Crippen molar-refractivity contribution in [2.45, 2.75) is 38.2 Å². The molecule has 21 heavy (non-hydrogen) atoms. The highest BCUT2D eigenvalue weighted by Gasteiger charge is 2.14. The molecule has 1 saturated carbocycles. The zero-order valence-corrected chi connectivity index (χ0v) is 13.1. The number of H-pyrrole nitrogens is 1. The van der Waals surface area contributed by atoms with E-state index in [0.29, 0.717) is 17.7 Å². The van der Waals surface area contributed by atoms with Gasteiger partial charge < -0.3 is 10.1 Å². The fourth-order valence-electron chi connectivity index (χ4n) is 2.34. The van der Waals surface area contributed by atoms with Gasteiger partial charge in [-0.15, -0.1) is 0 Å². The fourth-order valence-corrected chi connectivity index (χ4v) is 3.07. The standard InChI is InChI=1S/C15H23N3O2S/c16-14-7-6-12(10-17-14)18-15(19)11-21-9-3-8-20-13-4-1-2-5-13/h6-7,10,13H,1-5,8-9,11H2,(H2,16,17)(H,18,19)/p+1. The van der Waals surface area contributed by atoms with Crippen LogP contribution in [0.4, 0.5) is 11.5 Å². The van der Waals surface area contributed by atoms with E-state index in [0.717, 1.165) is 24.5 Å². The number of anilines is 2. The van der Waals surface area contributed by atoms with Gasteiger partial charge in [0.25, 0.3) is 5.82 Å². The van der Waals surface area contributed by atoms with E-state index >= 15 is 0 Å². The number of aromatic nitrogens is 1. The molecule has 0 aliphatic heterocycles. The highest BCUT2D eigenvalue weighted by Crippen LogP contribution is 2.21. The fraction of sp³-hybridized carbons (Fsp3) is 0.600. The Hall–Kier alpha value is -1.27. The first-order valence-corrected chi connectivity index (χ1v) is 8.66. The third-order valence-corrected chi connectivity index (χ3v) is 4.49. The molecule has 1 aliphatic rings. The Morgan fingerprint density at radius 1 is 1.43 bits per heavy atom. The van der Waals surface area contributed by atoms with Gasteiger partial charge in [0.05, 0.1) is 17.5 Å². The van der Waals surface area contributed by atoms with E-state index in [1.165, 1.54) is 25.7 Å². The van der Waals surface area contributed by atoms with E-state index in [1.54, 1.807) is 30.1 Å². The van der Waals surface area contributed by atoms with Crippen LogP contribution in [-0.4, -0.2) is 30.1 Å². The smallest absolute Gasteiger partial charge is 0.270 e. The molecule has 0 bridgehead atoms. The van der Waals surface area contributed by atoms with E-state index in [-0.39, 0.29) is 5.91 Å². The minimum atomic E-state index is 0.00915. The number of rotatable bonds is 8. The van der Waals surface area contributed by atoms with Crippen molar-refractivity contribution >= 4 is 29.2 Å². The second-order valence-electron chi connectivity index (χ2n) is 5.26. The molecule has 2 rings (SSSR count). The van der Waals surface area contributed by atoms with Crippen LogP contribution < -0.4 is 16.0 Å². The summed E-state index contributed by atoms with van der Waals surface area (Å²) in [5.41, 5.74) is 6.28. The number of ether oxygens (including phenoxy) is 1. The van der Waals surface area contributed by atoms with Crippen LogP contribution in [0.15, 0.2) is 18.3 Å². The van der Waals surface area contributed by atoms with Crippen molar-refractivity contribution in [1.82, 2.24) is 0 Å². The lowest BCUT2D eigenvalue weighted by atomic mass is 10.3. The van der Waals surface area contributed by atoms with Gasteiger partial charge in [-0.1, -0.05) is 12.8 Å². The minimum Gasteiger partial charge on any atom is -0.378 e. The van der Waals surface area contributed by atoms with Gasteiger partial charge in [-0.25, -0.2) is 4.98 Å². The van der Waals surface area contributed by atoms with Gasteiger partial charge in [0, 0.05) is 12.7 Å². The van der Waals surface area contributed by atoms with Gasteiger partial charge >= 0.3 is 0 Å². The number of carbonyl (C=O) groups is 1. The van der Waals surface area contributed by atoms with Crippen molar-refractivity contribution in [2.75, 3.05) is 29.2 Å². The Labute approximate surface area is 130 Å². The number of nitrogen functional groups attached to an aromatic ring is 1. The van der Waals surface area contributed by atoms with Gasteiger partial charge in [0.15, 0.2) is 0 Å². The van der Waals surface area contributed by atoms with Crippen LogP contribution in [0.1, 0.15) is 32.1 Å². The van der Waals surface area contributed by atoms with Crippen molar-refractivity contribution in [3.63, 3.8) is 0 Å². The Morgan fingerprint density at radius 3 is 2.95 bits per heavy atom. The summed E-state index contributed by atoms with van der Waals surface area (Å²) in [4.78, 5) is 14.6. The molecular formula is C15H24N3O2S+. The molecule has 1 aromatic rings. The van der Waals surface area contributed by atoms with E-state index < -0.39 is 0 Å². The van der Waals surface area contributed by atoms with Crippen molar-refractivity contribution in [2.24, 2.45) is 0 Å². The van der Waals surface area contributed by atoms with Gasteiger partial charge in [-0.2, -0.15) is 11.8 Å². The van der Waals surface area contributed by atoms with Crippen LogP contribution in [0, 0.1) is 0 Å². The SMILES string of the molecule is Nc1ccc(NC(=O)CSCCCOC2CCCC2)c[nH+]1. The summed E-state index contributed by atoms with van der Waals surface area (Å²) < 4.78 is 5.79. The summed E-state index contributed by atoms with van der Waals surface area (Å²) in [7, 11) is 0. The molecule has 0 radical (unpaired) electrons. The van der Waals surface area contributed by atoms with Gasteiger partial charge in [-0.3, -0.25) is 10.5 Å². The monoisotopic (exact) mass is 310 g/mol. The molecule has 4 N–H and O–H groups in total. The first-order chi connectivity index (χ1) is 10.2. The topological polar surface area (TPSA) is 78.5 Å². The van der Waals surface area contributed by atoms with Crippen molar-refractivity contribution in [3.05, 3.63) is 18.3 Å². The molecule has 5 nitrogen and oxygen atoms in total. The molecule has 0 atom stereocenters. The highest BCUT2D eigenvalue weighted by atomic mass is 32.2. The first kappa shape index (κ1) is 16.1. The van der Waals surface area contributed by atoms with Gasteiger partial charge in [-0.05, 0) is 31.1 Å². The Balaban J connectivity index is 1.49. The molecule has 0 spiro atoms. The summed E-state index contributed by atoms with van der Waals surface area (Å²) in [6.07, 6.45) is 8.23. The first-order valence-electron chi connectivity index (χ1n) is 7.50. The van der Waals surface area contributed by atoms with E-state index in [4.69, 9.17) is 10.5 Å². The molecular weight excluding hydrogens is 286 g/mol. The van der Waals surface area contributed by atoms with Crippen molar-refractivity contribution < 1.29 is 14.5 Å². The number of hydrogen-bond acceptors (Lipinski definition) is 4. The molecule has 0 aromatic carbocycles. The highest BCUT2D eigenvalue weighted by molar-refractivity contribution is 7.99. The average molecular weight is 310 g/mol. The zero-order valence-electron chi connectivity index (χ0n) is 12.3. The molecule has 1 heterocycles. The largest absolute Gasteiger partial charge is 0.378 e. The number of pyridine rings is 1. The molecule has 1 fully saturated rings. The maximum absolute atomic E-state index is 11.7. The predicted molar refractivity (Wildman–Crippen MR) is 86.2 cm³/mol. The lowest BCUT2D eigenvalue weighted by Gasteiger charge is -2.10. The van der Waals surface area contributed by atoms with Crippen molar-refractivity contribution in [3.8, 4) is 0 Å². The molecule has 6 heteroatoms. The predicted octanol–water partition coefficient (Wildman–Crippen LogP) is 2.10. The maximum Gasteiger partial charge on any atom is 0.270 e. The summed E-state index contributed by atoms with van der Waals surface area (Å²) in [6.45, 7) is 0.812. The Kier molecular flexibility index (Phi) is 6.82. The Morgan fingerprint density at radius 2 is 2.24 bits per heavy atom. The summed E-state index contributed by atoms with van der Waals surface area (Å²) in [5.74, 6) is 2.00.